The first-order chi connectivity index (χ1) is 15.0. The summed E-state index contributed by atoms with van der Waals surface area (Å²) < 4.78 is 68.5. The second-order valence-electron chi connectivity index (χ2n) is 6.82. The highest BCUT2D eigenvalue weighted by Gasteiger charge is 2.42. The monoisotopic (exact) mass is 490 g/mol. The van der Waals surface area contributed by atoms with Crippen LogP contribution >= 0.6 is 22.9 Å². The van der Waals surface area contributed by atoms with Crippen LogP contribution in [0, 0.1) is 11.6 Å². The van der Waals surface area contributed by atoms with E-state index in [1.807, 2.05) is 0 Å². The summed E-state index contributed by atoms with van der Waals surface area (Å²) in [6, 6.07) is 1.73. The number of hydrogen-bond acceptors (Lipinski definition) is 4. The molecule has 3 aromatic rings. The first-order valence-corrected chi connectivity index (χ1v) is 10.2. The lowest BCUT2D eigenvalue weighted by atomic mass is 10.2. The number of likely N-dealkylation sites (N-methyl/N-ethyl adjacent to an activating group) is 1. The van der Waals surface area contributed by atoms with Gasteiger partial charge in [-0.15, -0.1) is 11.3 Å². The molecule has 1 atom stereocenters. The van der Waals surface area contributed by atoms with E-state index in [0.717, 1.165) is 33.3 Å². The van der Waals surface area contributed by atoms with Crippen molar-refractivity contribution < 1.29 is 31.5 Å². The van der Waals surface area contributed by atoms with Crippen LogP contribution in [-0.4, -0.2) is 36.6 Å². The number of thiophene rings is 1. The van der Waals surface area contributed by atoms with Crippen molar-refractivity contribution in [3.8, 4) is 0 Å². The summed E-state index contributed by atoms with van der Waals surface area (Å²) in [5, 5.41) is 2.99. The van der Waals surface area contributed by atoms with Gasteiger partial charge >= 0.3 is 12.2 Å². The summed E-state index contributed by atoms with van der Waals surface area (Å²) in [4.78, 5) is 31.2. The summed E-state index contributed by atoms with van der Waals surface area (Å²) in [5.41, 5.74) is -1.35. The van der Waals surface area contributed by atoms with Gasteiger partial charge < -0.3 is 10.2 Å². The second kappa shape index (κ2) is 7.85. The van der Waals surface area contributed by atoms with Crippen LogP contribution in [0.5, 0.6) is 0 Å². The molecule has 2 aromatic heterocycles. The third kappa shape index (κ3) is 3.62. The molecule has 1 fully saturated rings. The zero-order chi connectivity index (χ0) is 23.4. The number of amides is 3. The number of alkyl halides is 3. The van der Waals surface area contributed by atoms with Crippen LogP contribution in [0.2, 0.25) is 5.02 Å². The molecule has 3 heterocycles. The lowest BCUT2D eigenvalue weighted by Crippen LogP contribution is -2.47. The van der Waals surface area contributed by atoms with E-state index >= 15 is 0 Å². The zero-order valence-electron chi connectivity index (χ0n) is 16.0. The fraction of sp³-hybridized carbons (Fsp3) is 0.211. The number of halogens is 6. The molecule has 0 bridgehead atoms. The van der Waals surface area contributed by atoms with E-state index in [-0.39, 0.29) is 28.3 Å². The maximum absolute atomic E-state index is 14.4. The Morgan fingerprint density at radius 2 is 2.03 bits per heavy atom. The number of nitrogens with one attached hydrogen (secondary N) is 1. The van der Waals surface area contributed by atoms with Crippen LogP contribution in [-0.2, 0) is 11.0 Å². The molecule has 1 aliphatic heterocycles. The Labute approximate surface area is 186 Å². The average molecular weight is 491 g/mol. The number of aromatic nitrogens is 1. The van der Waals surface area contributed by atoms with E-state index < -0.39 is 46.4 Å². The first-order valence-electron chi connectivity index (χ1n) is 8.94. The molecule has 3 amide bonds. The largest absolute Gasteiger partial charge is 0.417 e. The number of hydrogen-bond donors (Lipinski definition) is 1. The van der Waals surface area contributed by atoms with Crippen molar-refractivity contribution in [2.45, 2.75) is 12.2 Å². The van der Waals surface area contributed by atoms with Gasteiger partial charge in [0.25, 0.3) is 5.91 Å². The van der Waals surface area contributed by atoms with E-state index in [1.165, 1.54) is 18.5 Å². The zero-order valence-corrected chi connectivity index (χ0v) is 17.6. The van der Waals surface area contributed by atoms with Crippen molar-refractivity contribution in [1.82, 2.24) is 10.3 Å². The van der Waals surface area contributed by atoms with Gasteiger partial charge in [0.1, 0.15) is 22.7 Å². The van der Waals surface area contributed by atoms with Crippen LogP contribution in [0.4, 0.5) is 38.3 Å². The third-order valence-corrected chi connectivity index (χ3v) is 6.20. The molecule has 1 N–H and O–H groups in total. The van der Waals surface area contributed by atoms with Crippen LogP contribution in [0.25, 0.3) is 10.2 Å². The topological polar surface area (TPSA) is 65.5 Å². The van der Waals surface area contributed by atoms with Gasteiger partial charge in [0.05, 0.1) is 21.5 Å². The Morgan fingerprint density at radius 1 is 1.31 bits per heavy atom. The third-order valence-electron chi connectivity index (χ3n) is 4.92. The van der Waals surface area contributed by atoms with Crippen LogP contribution in [0.3, 0.4) is 0 Å². The van der Waals surface area contributed by atoms with Gasteiger partial charge in [0.2, 0.25) is 0 Å². The lowest BCUT2D eigenvalue weighted by Gasteiger charge is -2.27. The van der Waals surface area contributed by atoms with E-state index in [0.29, 0.717) is 6.07 Å². The Kier molecular flexibility index (Phi) is 5.45. The molecule has 0 spiro atoms. The molecule has 32 heavy (non-hydrogen) atoms. The number of urea groups is 1. The molecular formula is C19H12ClF5N4O2S. The van der Waals surface area contributed by atoms with Gasteiger partial charge in [-0.3, -0.25) is 9.69 Å². The van der Waals surface area contributed by atoms with Gasteiger partial charge in [0.15, 0.2) is 5.82 Å². The Morgan fingerprint density at radius 3 is 2.72 bits per heavy atom. The highest BCUT2D eigenvalue weighted by Crippen LogP contribution is 2.39. The van der Waals surface area contributed by atoms with Crippen molar-refractivity contribution in [3.63, 3.8) is 0 Å². The number of anilines is 2. The molecule has 0 radical (unpaired) electrons. The maximum Gasteiger partial charge on any atom is 0.417 e. The Balaban J connectivity index is 1.75. The van der Waals surface area contributed by atoms with E-state index in [9.17, 15) is 31.5 Å². The molecule has 0 saturated carbocycles. The van der Waals surface area contributed by atoms with Gasteiger partial charge in [0, 0.05) is 13.6 Å². The normalized spacial score (nSPS) is 16.5. The summed E-state index contributed by atoms with van der Waals surface area (Å²) in [7, 11) is 1.17. The number of nitrogens with zero attached hydrogens (tertiary/aromatic N) is 3. The van der Waals surface area contributed by atoms with E-state index in [4.69, 9.17) is 11.6 Å². The van der Waals surface area contributed by atoms with Crippen LogP contribution in [0.15, 0.2) is 29.6 Å². The minimum absolute atomic E-state index is 0.00967. The van der Waals surface area contributed by atoms with Crippen LogP contribution < -0.4 is 15.1 Å². The predicted molar refractivity (Wildman–Crippen MR) is 109 cm³/mol. The van der Waals surface area contributed by atoms with Gasteiger partial charge in [-0.05, 0) is 29.6 Å². The molecule has 0 aliphatic carbocycles. The summed E-state index contributed by atoms with van der Waals surface area (Å²) in [5.74, 6) is -3.45. The van der Waals surface area contributed by atoms with Crippen molar-refractivity contribution >= 4 is 56.6 Å². The predicted octanol–water partition coefficient (Wildman–Crippen LogP) is 4.81. The molecule has 4 rings (SSSR count). The van der Waals surface area contributed by atoms with E-state index in [2.05, 4.69) is 10.3 Å². The van der Waals surface area contributed by atoms with Gasteiger partial charge in [-0.25, -0.2) is 18.6 Å². The number of rotatable bonds is 3. The second-order valence-corrected chi connectivity index (χ2v) is 8.12. The number of benzene rings is 1. The van der Waals surface area contributed by atoms with Crippen molar-refractivity contribution in [1.29, 1.82) is 0 Å². The number of carbonyl (C=O) groups is 2. The molecule has 13 heteroatoms. The minimum Gasteiger partial charge on any atom is -0.335 e. The highest BCUT2D eigenvalue weighted by atomic mass is 35.5. The molecule has 1 saturated heterocycles. The molecular weight excluding hydrogens is 479 g/mol. The van der Waals surface area contributed by atoms with Crippen molar-refractivity contribution in [2.75, 3.05) is 23.4 Å². The summed E-state index contributed by atoms with van der Waals surface area (Å²) >= 11 is 6.41. The highest BCUT2D eigenvalue weighted by molar-refractivity contribution is 7.17. The van der Waals surface area contributed by atoms with E-state index in [1.54, 1.807) is 0 Å². The standard InChI is InChI=1S/C19H12ClF5N4O2S/c1-28(11-3-2-9(21)14(20)15(11)22)17(30)12-7-26-18(31)29(12)13-6-8(19(23,24)25)16-10(27-13)4-5-32-16/h2-6,12H,7H2,1H3,(H,26,31)/t12-/m0/s1. The summed E-state index contributed by atoms with van der Waals surface area (Å²) in [6.07, 6.45) is -4.72. The van der Waals surface area contributed by atoms with Crippen LogP contribution in [0.1, 0.15) is 5.56 Å². The maximum atomic E-state index is 14.4. The smallest absolute Gasteiger partial charge is 0.335 e. The fourth-order valence-electron chi connectivity index (χ4n) is 3.36. The van der Waals surface area contributed by atoms with Gasteiger partial charge in [-0.2, -0.15) is 13.2 Å². The minimum atomic E-state index is -4.72. The molecule has 1 aromatic carbocycles. The molecule has 1 aliphatic rings. The quantitative estimate of drug-likeness (QED) is 0.423. The SMILES string of the molecule is CN(C(=O)[C@@H]1CNC(=O)N1c1cc(C(F)(F)F)c2sccc2n1)c1ccc(F)c(Cl)c1F. The van der Waals surface area contributed by atoms with Crippen molar-refractivity contribution in [2.24, 2.45) is 0 Å². The average Bonchev–Trinajstić information content (AvgIpc) is 3.35. The van der Waals surface area contributed by atoms with Crippen molar-refractivity contribution in [3.05, 3.63) is 51.9 Å². The molecule has 168 valence electrons. The number of carbonyl (C=O) groups excluding carboxylic acids is 2. The Hall–Kier alpha value is -2.99. The Bertz CT molecular complexity index is 1250. The number of fused-ring (bicyclic) bond motifs is 1. The van der Waals surface area contributed by atoms with Gasteiger partial charge in [-0.1, -0.05) is 11.6 Å². The fourth-order valence-corrected chi connectivity index (χ4v) is 4.39. The first kappa shape index (κ1) is 22.2. The number of pyridine rings is 1. The lowest BCUT2D eigenvalue weighted by molar-refractivity contribution is -0.136. The molecule has 6 nitrogen and oxygen atoms in total. The summed E-state index contributed by atoms with van der Waals surface area (Å²) in [6.45, 7) is -0.261. The molecule has 0 unspecified atom stereocenters.